The Morgan fingerprint density at radius 3 is 1.96 bits per heavy atom. The summed E-state index contributed by atoms with van der Waals surface area (Å²) in [5, 5.41) is 21.0. The summed E-state index contributed by atoms with van der Waals surface area (Å²) in [6.07, 6.45) is 0. The summed E-state index contributed by atoms with van der Waals surface area (Å²) in [5.74, 6) is -2.38. The molecule has 120 valence electrons. The number of aromatic carboxylic acids is 2. The number of nitrogens with zero attached hydrogens (tertiary/aromatic N) is 1. The van der Waals surface area contributed by atoms with E-state index in [4.69, 9.17) is 0 Å². The van der Waals surface area contributed by atoms with Gasteiger partial charge in [-0.15, -0.1) is 0 Å². The molecular weight excluding hydrogens is 306 g/mol. The van der Waals surface area contributed by atoms with Gasteiger partial charge in [-0.25, -0.2) is 9.59 Å². The molecule has 0 spiro atoms. The summed E-state index contributed by atoms with van der Waals surface area (Å²) in [6.45, 7) is 3.16. The first-order valence-corrected chi connectivity index (χ1v) is 7.37. The smallest absolute Gasteiger partial charge is 0.338 e. The first-order chi connectivity index (χ1) is 11.4. The Bertz CT molecular complexity index is 949. The summed E-state index contributed by atoms with van der Waals surface area (Å²) in [5.41, 5.74) is 1.23. The van der Waals surface area contributed by atoms with Crippen LogP contribution in [0, 0.1) is 13.8 Å². The fourth-order valence-electron chi connectivity index (χ4n) is 3.09. The normalized spacial score (nSPS) is 10.8. The van der Waals surface area contributed by atoms with Gasteiger partial charge in [-0.1, -0.05) is 42.5 Å². The van der Waals surface area contributed by atoms with Crippen molar-refractivity contribution in [2.45, 2.75) is 13.8 Å². The maximum Gasteiger partial charge on any atom is 0.338 e. The van der Waals surface area contributed by atoms with Crippen molar-refractivity contribution in [1.82, 2.24) is 4.98 Å². The zero-order valence-electron chi connectivity index (χ0n) is 13.2. The number of hydrogen-bond donors (Lipinski definition) is 2. The van der Waals surface area contributed by atoms with Crippen molar-refractivity contribution in [1.29, 1.82) is 0 Å². The zero-order valence-corrected chi connectivity index (χ0v) is 13.2. The molecule has 0 fully saturated rings. The van der Waals surface area contributed by atoms with E-state index in [1.54, 1.807) is 26.0 Å². The molecular formula is C19H15NO4. The predicted molar refractivity (Wildman–Crippen MR) is 90.6 cm³/mol. The molecule has 1 heterocycles. The molecule has 0 aliphatic rings. The summed E-state index contributed by atoms with van der Waals surface area (Å²) in [7, 11) is 0. The number of benzene rings is 2. The number of rotatable bonds is 3. The van der Waals surface area contributed by atoms with Gasteiger partial charge >= 0.3 is 11.9 Å². The highest BCUT2D eigenvalue weighted by Crippen LogP contribution is 2.36. The molecule has 0 radical (unpaired) electrons. The molecule has 2 aromatic carbocycles. The van der Waals surface area contributed by atoms with Crippen molar-refractivity contribution in [2.24, 2.45) is 0 Å². The van der Waals surface area contributed by atoms with Crippen LogP contribution in [0.4, 0.5) is 0 Å². The van der Waals surface area contributed by atoms with Crippen LogP contribution in [0.15, 0.2) is 42.5 Å². The molecule has 0 saturated heterocycles. The minimum Gasteiger partial charge on any atom is -0.478 e. The van der Waals surface area contributed by atoms with Crippen LogP contribution in [0.25, 0.3) is 21.9 Å². The topological polar surface area (TPSA) is 87.5 Å². The minimum atomic E-state index is -1.19. The number of pyridine rings is 1. The lowest BCUT2D eigenvalue weighted by Crippen LogP contribution is -2.13. The van der Waals surface area contributed by atoms with E-state index in [2.05, 4.69) is 4.98 Å². The molecule has 3 aromatic rings. The van der Waals surface area contributed by atoms with Crippen LogP contribution in [-0.4, -0.2) is 27.1 Å². The Labute approximate surface area is 138 Å². The van der Waals surface area contributed by atoms with E-state index >= 15 is 0 Å². The number of fused-ring (bicyclic) bond motifs is 1. The standard InChI is InChI=1S/C19H15NO4/c1-10-15(18(21)22)17(16(19(23)24)11(2)20-10)14-9-5-7-12-6-3-4-8-13(12)14/h3-9H,1-2H3,(H,21,22)(H,23,24). The van der Waals surface area contributed by atoms with Crippen LogP contribution < -0.4 is 0 Å². The molecule has 0 amide bonds. The molecule has 5 nitrogen and oxygen atoms in total. The van der Waals surface area contributed by atoms with Crippen molar-refractivity contribution in [3.8, 4) is 11.1 Å². The molecule has 24 heavy (non-hydrogen) atoms. The highest BCUT2D eigenvalue weighted by molar-refractivity contribution is 6.10. The van der Waals surface area contributed by atoms with E-state index in [0.29, 0.717) is 17.0 Å². The number of hydrogen-bond acceptors (Lipinski definition) is 3. The fraction of sp³-hybridized carbons (Fsp3) is 0.105. The second-order valence-electron chi connectivity index (χ2n) is 5.54. The molecule has 0 saturated carbocycles. The maximum atomic E-state index is 11.8. The van der Waals surface area contributed by atoms with Crippen molar-refractivity contribution in [2.75, 3.05) is 0 Å². The maximum absolute atomic E-state index is 11.8. The number of carboxylic acid groups (broad SMARTS) is 2. The van der Waals surface area contributed by atoms with Crippen molar-refractivity contribution in [3.05, 3.63) is 65.0 Å². The average molecular weight is 321 g/mol. The largest absolute Gasteiger partial charge is 0.478 e. The number of carboxylic acids is 2. The SMILES string of the molecule is Cc1nc(C)c(C(=O)O)c(-c2cccc3ccccc23)c1C(=O)O. The number of aromatic nitrogens is 1. The van der Waals surface area contributed by atoms with E-state index in [-0.39, 0.29) is 16.7 Å². The Morgan fingerprint density at radius 1 is 0.833 bits per heavy atom. The van der Waals surface area contributed by atoms with E-state index in [1.165, 1.54) is 0 Å². The molecule has 0 bridgehead atoms. The zero-order chi connectivity index (χ0) is 17.4. The summed E-state index contributed by atoms with van der Waals surface area (Å²) >= 11 is 0. The Morgan fingerprint density at radius 2 is 1.38 bits per heavy atom. The van der Waals surface area contributed by atoms with Crippen LogP contribution in [0.1, 0.15) is 32.1 Å². The lowest BCUT2D eigenvalue weighted by Gasteiger charge is -2.16. The summed E-state index contributed by atoms with van der Waals surface area (Å²) < 4.78 is 0. The van der Waals surface area contributed by atoms with E-state index in [1.807, 2.05) is 30.3 Å². The second kappa shape index (κ2) is 5.77. The van der Waals surface area contributed by atoms with Gasteiger partial charge in [0.15, 0.2) is 0 Å². The van der Waals surface area contributed by atoms with E-state index in [9.17, 15) is 19.8 Å². The van der Waals surface area contributed by atoms with Gasteiger partial charge in [0.25, 0.3) is 0 Å². The second-order valence-corrected chi connectivity index (χ2v) is 5.54. The molecule has 0 atom stereocenters. The third kappa shape index (κ3) is 2.40. The van der Waals surface area contributed by atoms with Crippen LogP contribution in [0.3, 0.4) is 0 Å². The lowest BCUT2D eigenvalue weighted by atomic mass is 9.89. The fourth-order valence-corrected chi connectivity index (χ4v) is 3.09. The first kappa shape index (κ1) is 15.7. The molecule has 5 heteroatoms. The molecule has 0 unspecified atom stereocenters. The Balaban J connectivity index is 2.54. The third-order valence-electron chi connectivity index (χ3n) is 4.05. The molecule has 3 rings (SSSR count). The number of aryl methyl sites for hydroxylation is 2. The van der Waals surface area contributed by atoms with Crippen LogP contribution in [0.2, 0.25) is 0 Å². The molecule has 0 aliphatic carbocycles. The van der Waals surface area contributed by atoms with E-state index in [0.717, 1.165) is 10.8 Å². The lowest BCUT2D eigenvalue weighted by molar-refractivity contribution is 0.0695. The van der Waals surface area contributed by atoms with Gasteiger partial charge in [0, 0.05) is 5.56 Å². The van der Waals surface area contributed by atoms with Gasteiger partial charge in [0.2, 0.25) is 0 Å². The van der Waals surface area contributed by atoms with Gasteiger partial charge in [-0.05, 0) is 30.2 Å². The molecule has 0 aliphatic heterocycles. The van der Waals surface area contributed by atoms with Crippen molar-refractivity contribution < 1.29 is 19.8 Å². The van der Waals surface area contributed by atoms with Crippen LogP contribution in [0.5, 0.6) is 0 Å². The van der Waals surface area contributed by atoms with Crippen LogP contribution in [-0.2, 0) is 0 Å². The third-order valence-corrected chi connectivity index (χ3v) is 4.05. The van der Waals surface area contributed by atoms with Gasteiger partial charge < -0.3 is 10.2 Å². The highest BCUT2D eigenvalue weighted by Gasteiger charge is 2.26. The highest BCUT2D eigenvalue weighted by atomic mass is 16.4. The van der Waals surface area contributed by atoms with Crippen molar-refractivity contribution >= 4 is 22.7 Å². The molecule has 1 aromatic heterocycles. The minimum absolute atomic E-state index is 0.0747. The van der Waals surface area contributed by atoms with Gasteiger partial charge in [0.05, 0.1) is 22.5 Å². The Hall–Kier alpha value is -3.21. The van der Waals surface area contributed by atoms with Crippen LogP contribution >= 0.6 is 0 Å². The van der Waals surface area contributed by atoms with Gasteiger partial charge in [-0.2, -0.15) is 0 Å². The van der Waals surface area contributed by atoms with Gasteiger partial charge in [-0.3, -0.25) is 4.98 Å². The van der Waals surface area contributed by atoms with Crippen molar-refractivity contribution in [3.63, 3.8) is 0 Å². The summed E-state index contributed by atoms with van der Waals surface area (Å²) in [4.78, 5) is 27.7. The monoisotopic (exact) mass is 321 g/mol. The summed E-state index contributed by atoms with van der Waals surface area (Å²) in [6, 6.07) is 12.9. The number of carbonyl (C=O) groups is 2. The van der Waals surface area contributed by atoms with E-state index < -0.39 is 11.9 Å². The average Bonchev–Trinajstić information content (AvgIpc) is 2.52. The predicted octanol–water partition coefficient (Wildman–Crippen LogP) is 3.92. The molecule has 2 N–H and O–H groups in total. The first-order valence-electron chi connectivity index (χ1n) is 7.37. The van der Waals surface area contributed by atoms with Gasteiger partial charge in [0.1, 0.15) is 0 Å². The quantitative estimate of drug-likeness (QED) is 0.763. The Kier molecular flexibility index (Phi) is 3.77.